The number of aryl methyl sites for hydroxylation is 1. The third kappa shape index (κ3) is 3.52. The maximum atomic E-state index is 13.4. The Kier molecular flexibility index (Phi) is 4.50. The Hall–Kier alpha value is -1.46. The molecule has 1 aromatic carbocycles. The van der Waals surface area contributed by atoms with Crippen molar-refractivity contribution in [2.45, 2.75) is 29.9 Å². The van der Waals surface area contributed by atoms with Crippen LogP contribution in [0.15, 0.2) is 40.5 Å². The molecule has 1 N–H and O–H groups in total. The summed E-state index contributed by atoms with van der Waals surface area (Å²) in [5.41, 5.74) is 1.83. The minimum absolute atomic E-state index is 0.0722. The number of halogens is 1. The van der Waals surface area contributed by atoms with Crippen molar-refractivity contribution in [3.63, 3.8) is 0 Å². The Morgan fingerprint density at radius 2 is 2.11 bits per heavy atom. The van der Waals surface area contributed by atoms with Crippen molar-refractivity contribution in [3.05, 3.63) is 47.5 Å². The van der Waals surface area contributed by atoms with Crippen molar-refractivity contribution >= 4 is 11.8 Å². The van der Waals surface area contributed by atoms with Crippen LogP contribution in [0.2, 0.25) is 0 Å². The molecule has 5 heteroatoms. The lowest BCUT2D eigenvalue weighted by molar-refractivity contribution is 0.601. The van der Waals surface area contributed by atoms with Gasteiger partial charge >= 0.3 is 0 Å². The molecule has 2 rings (SSSR count). The normalized spacial score (nSPS) is 12.4. The zero-order valence-electron chi connectivity index (χ0n) is 11.1. The molecule has 100 valence electrons. The molecule has 0 spiro atoms. The largest absolute Gasteiger partial charge is 0.313 e. The van der Waals surface area contributed by atoms with E-state index in [2.05, 4.69) is 15.3 Å². The Balaban J connectivity index is 2.34. The van der Waals surface area contributed by atoms with Crippen LogP contribution in [0.5, 0.6) is 0 Å². The Morgan fingerprint density at radius 3 is 2.79 bits per heavy atom. The van der Waals surface area contributed by atoms with Crippen LogP contribution in [-0.4, -0.2) is 17.0 Å². The number of hydrogen-bond acceptors (Lipinski definition) is 4. The number of aromatic nitrogens is 2. The molecule has 1 aromatic heterocycles. The van der Waals surface area contributed by atoms with E-state index in [1.165, 1.54) is 17.8 Å². The van der Waals surface area contributed by atoms with Crippen LogP contribution in [-0.2, 0) is 0 Å². The lowest BCUT2D eigenvalue weighted by Gasteiger charge is -2.15. The Bertz CT molecular complexity index is 574. The van der Waals surface area contributed by atoms with Gasteiger partial charge in [0.2, 0.25) is 0 Å². The molecule has 0 aliphatic rings. The predicted molar refractivity (Wildman–Crippen MR) is 74.8 cm³/mol. The molecule has 0 aliphatic heterocycles. The Morgan fingerprint density at radius 1 is 1.32 bits per heavy atom. The van der Waals surface area contributed by atoms with Crippen molar-refractivity contribution in [2.24, 2.45) is 0 Å². The van der Waals surface area contributed by atoms with Crippen LogP contribution in [0.1, 0.15) is 24.2 Å². The molecule has 0 saturated heterocycles. The first-order valence-electron chi connectivity index (χ1n) is 6.04. The number of nitrogens with one attached hydrogen (secondary N) is 1. The van der Waals surface area contributed by atoms with Crippen LogP contribution in [0, 0.1) is 12.7 Å². The summed E-state index contributed by atoms with van der Waals surface area (Å²) in [6.07, 6.45) is 1.73. The first-order valence-corrected chi connectivity index (χ1v) is 6.86. The summed E-state index contributed by atoms with van der Waals surface area (Å²) in [5.74, 6) is -0.230. The summed E-state index contributed by atoms with van der Waals surface area (Å²) < 4.78 is 13.4. The van der Waals surface area contributed by atoms with E-state index < -0.39 is 0 Å². The fourth-order valence-electron chi connectivity index (χ4n) is 1.68. The quantitative estimate of drug-likeness (QED) is 0.870. The average molecular weight is 277 g/mol. The van der Waals surface area contributed by atoms with Crippen molar-refractivity contribution in [1.82, 2.24) is 15.3 Å². The van der Waals surface area contributed by atoms with Crippen LogP contribution in [0.3, 0.4) is 0 Å². The molecule has 0 radical (unpaired) electrons. The molecule has 0 bridgehead atoms. The van der Waals surface area contributed by atoms with E-state index in [1.807, 2.05) is 27.0 Å². The molecule has 1 unspecified atom stereocenters. The van der Waals surface area contributed by atoms with Crippen LogP contribution in [0.4, 0.5) is 4.39 Å². The highest BCUT2D eigenvalue weighted by molar-refractivity contribution is 7.99. The topological polar surface area (TPSA) is 37.8 Å². The first kappa shape index (κ1) is 14.0. The molecule has 0 amide bonds. The van der Waals surface area contributed by atoms with Gasteiger partial charge in [-0.1, -0.05) is 0 Å². The van der Waals surface area contributed by atoms with E-state index in [0.717, 1.165) is 16.2 Å². The Labute approximate surface area is 116 Å². The second-order valence-electron chi connectivity index (χ2n) is 4.28. The highest BCUT2D eigenvalue weighted by atomic mass is 32.2. The molecule has 1 atom stereocenters. The molecule has 0 fully saturated rings. The highest BCUT2D eigenvalue weighted by Crippen LogP contribution is 2.31. The van der Waals surface area contributed by atoms with Gasteiger partial charge in [-0.3, -0.25) is 0 Å². The van der Waals surface area contributed by atoms with Gasteiger partial charge in [-0.15, -0.1) is 0 Å². The van der Waals surface area contributed by atoms with Gasteiger partial charge in [0.1, 0.15) is 5.82 Å². The zero-order chi connectivity index (χ0) is 13.8. The van der Waals surface area contributed by atoms with Gasteiger partial charge in [0, 0.05) is 22.8 Å². The monoisotopic (exact) mass is 277 g/mol. The number of nitrogens with zero attached hydrogens (tertiary/aromatic N) is 2. The third-order valence-corrected chi connectivity index (χ3v) is 3.82. The van der Waals surface area contributed by atoms with Gasteiger partial charge in [0.25, 0.3) is 0 Å². The lowest BCUT2D eigenvalue weighted by atomic mass is 10.1. The maximum absolute atomic E-state index is 13.4. The summed E-state index contributed by atoms with van der Waals surface area (Å²) in [6, 6.07) is 6.72. The fourth-order valence-corrected chi connectivity index (χ4v) is 2.67. The summed E-state index contributed by atoms with van der Waals surface area (Å²) >= 11 is 1.45. The van der Waals surface area contributed by atoms with Gasteiger partial charge in [-0.2, -0.15) is 0 Å². The summed E-state index contributed by atoms with van der Waals surface area (Å²) in [7, 11) is 1.85. The number of rotatable bonds is 4. The number of benzene rings is 1. The minimum atomic E-state index is -0.230. The van der Waals surface area contributed by atoms with Crippen molar-refractivity contribution in [2.75, 3.05) is 7.05 Å². The second-order valence-corrected chi connectivity index (χ2v) is 5.28. The highest BCUT2D eigenvalue weighted by Gasteiger charge is 2.12. The van der Waals surface area contributed by atoms with Crippen molar-refractivity contribution < 1.29 is 4.39 Å². The predicted octanol–water partition coefficient (Wildman–Crippen LogP) is 3.36. The van der Waals surface area contributed by atoms with Gasteiger partial charge in [0.05, 0.1) is 0 Å². The SMILES string of the molecule is CNC(C)c1cc(F)ccc1Sc1nccc(C)n1. The standard InChI is InChI=1S/C14H16FN3S/c1-9-6-7-17-14(18-9)19-13-5-4-11(15)8-12(13)10(2)16-3/h4-8,10,16H,1-3H3. The fraction of sp³-hybridized carbons (Fsp3) is 0.286. The van der Waals surface area contributed by atoms with E-state index in [4.69, 9.17) is 0 Å². The van der Waals surface area contributed by atoms with Crippen LogP contribution >= 0.6 is 11.8 Å². The van der Waals surface area contributed by atoms with E-state index in [9.17, 15) is 4.39 Å². The van der Waals surface area contributed by atoms with Crippen molar-refractivity contribution in [3.8, 4) is 0 Å². The summed E-state index contributed by atoms with van der Waals surface area (Å²) in [5, 5.41) is 3.80. The minimum Gasteiger partial charge on any atom is -0.313 e. The first-order chi connectivity index (χ1) is 9.10. The molecule has 3 nitrogen and oxygen atoms in total. The lowest BCUT2D eigenvalue weighted by Crippen LogP contribution is -2.13. The van der Waals surface area contributed by atoms with E-state index >= 15 is 0 Å². The van der Waals surface area contributed by atoms with E-state index in [1.54, 1.807) is 18.3 Å². The van der Waals surface area contributed by atoms with Gasteiger partial charge in [-0.25, -0.2) is 14.4 Å². The van der Waals surface area contributed by atoms with Gasteiger partial charge < -0.3 is 5.32 Å². The summed E-state index contributed by atoms with van der Waals surface area (Å²) in [4.78, 5) is 9.54. The summed E-state index contributed by atoms with van der Waals surface area (Å²) in [6.45, 7) is 3.92. The zero-order valence-corrected chi connectivity index (χ0v) is 12.0. The van der Waals surface area contributed by atoms with E-state index in [0.29, 0.717) is 5.16 Å². The van der Waals surface area contributed by atoms with Gasteiger partial charge in [0.15, 0.2) is 5.16 Å². The van der Waals surface area contributed by atoms with Gasteiger partial charge in [-0.05, 0) is 62.5 Å². The van der Waals surface area contributed by atoms with Crippen LogP contribution < -0.4 is 5.32 Å². The third-order valence-electron chi connectivity index (χ3n) is 2.85. The molecule has 0 aliphatic carbocycles. The molecule has 19 heavy (non-hydrogen) atoms. The van der Waals surface area contributed by atoms with Crippen molar-refractivity contribution in [1.29, 1.82) is 0 Å². The number of hydrogen-bond donors (Lipinski definition) is 1. The molecular formula is C14H16FN3S. The smallest absolute Gasteiger partial charge is 0.192 e. The second kappa shape index (κ2) is 6.12. The molecule has 0 saturated carbocycles. The molecular weight excluding hydrogens is 261 g/mol. The van der Waals surface area contributed by atoms with E-state index in [-0.39, 0.29) is 11.9 Å². The average Bonchev–Trinajstić information content (AvgIpc) is 2.40. The van der Waals surface area contributed by atoms with Crippen LogP contribution in [0.25, 0.3) is 0 Å². The maximum Gasteiger partial charge on any atom is 0.192 e. The molecule has 1 heterocycles. The molecule has 2 aromatic rings.